The monoisotopic (exact) mass is 280 g/mol. The average molecular weight is 280 g/mol. The van der Waals surface area contributed by atoms with Crippen LogP contribution in [0.3, 0.4) is 0 Å². The molecule has 2 rings (SSSR count). The molecule has 0 bridgehead atoms. The maximum atomic E-state index is 5.61. The van der Waals surface area contributed by atoms with Gasteiger partial charge in [-0.2, -0.15) is 0 Å². The zero-order valence-corrected chi connectivity index (χ0v) is 13.0. The van der Waals surface area contributed by atoms with E-state index in [9.17, 15) is 0 Å². The van der Waals surface area contributed by atoms with Crippen LogP contribution in [0, 0.1) is 6.92 Å². The number of nitrogens with zero attached hydrogens (tertiary/aromatic N) is 1. The first-order valence-electron chi connectivity index (χ1n) is 6.89. The van der Waals surface area contributed by atoms with Gasteiger partial charge in [0.2, 0.25) is 0 Å². The van der Waals surface area contributed by atoms with Crippen molar-refractivity contribution in [2.45, 2.75) is 18.2 Å². The Balaban J connectivity index is 2.10. The molecule has 0 aliphatic carbocycles. The Hall–Kier alpha value is -0.710. The van der Waals surface area contributed by atoms with Crippen molar-refractivity contribution in [2.24, 2.45) is 0 Å². The summed E-state index contributed by atoms with van der Waals surface area (Å²) in [6.45, 7) is 7.78. The average Bonchev–Trinajstić information content (AvgIpc) is 2.46. The van der Waals surface area contributed by atoms with Crippen molar-refractivity contribution in [1.29, 1.82) is 0 Å². The largest absolute Gasteiger partial charge is 0.496 e. The molecule has 0 radical (unpaired) electrons. The molecule has 1 aromatic carbocycles. The van der Waals surface area contributed by atoms with E-state index in [1.54, 1.807) is 7.11 Å². The minimum Gasteiger partial charge on any atom is -0.496 e. The molecule has 0 unspecified atom stereocenters. The molecule has 4 heteroatoms. The number of nitrogens with one attached hydrogen (secondary N) is 1. The summed E-state index contributed by atoms with van der Waals surface area (Å²) in [5, 5.41) is 3.40. The van der Waals surface area contributed by atoms with Gasteiger partial charge in [0, 0.05) is 43.2 Å². The van der Waals surface area contributed by atoms with Crippen LogP contribution in [0.2, 0.25) is 0 Å². The van der Waals surface area contributed by atoms with Crippen LogP contribution >= 0.6 is 11.8 Å². The maximum absolute atomic E-state index is 5.61. The summed E-state index contributed by atoms with van der Waals surface area (Å²) in [5.41, 5.74) is 2.60. The number of aryl methyl sites for hydroxylation is 1. The minimum atomic E-state index is 1.07. The third-order valence-electron chi connectivity index (χ3n) is 3.73. The first-order chi connectivity index (χ1) is 9.26. The van der Waals surface area contributed by atoms with Crippen molar-refractivity contribution in [1.82, 2.24) is 10.2 Å². The second-order valence-electron chi connectivity index (χ2n) is 4.94. The van der Waals surface area contributed by atoms with Crippen molar-refractivity contribution in [3.05, 3.63) is 23.3 Å². The highest BCUT2D eigenvalue weighted by Gasteiger charge is 2.14. The van der Waals surface area contributed by atoms with Gasteiger partial charge in [0.15, 0.2) is 0 Å². The Morgan fingerprint density at radius 2 is 2.05 bits per heavy atom. The van der Waals surface area contributed by atoms with Gasteiger partial charge in [-0.25, -0.2) is 0 Å². The summed E-state index contributed by atoms with van der Waals surface area (Å²) >= 11 is 1.81. The lowest BCUT2D eigenvalue weighted by molar-refractivity contribution is 0.242. The van der Waals surface area contributed by atoms with Crippen molar-refractivity contribution < 1.29 is 4.74 Å². The van der Waals surface area contributed by atoms with E-state index >= 15 is 0 Å². The second kappa shape index (κ2) is 7.17. The lowest BCUT2D eigenvalue weighted by atomic mass is 10.1. The van der Waals surface area contributed by atoms with Gasteiger partial charge in [0.25, 0.3) is 0 Å². The molecule has 0 aromatic heterocycles. The zero-order chi connectivity index (χ0) is 13.7. The van der Waals surface area contributed by atoms with Crippen LogP contribution in [-0.4, -0.2) is 51.0 Å². The molecule has 1 N–H and O–H groups in total. The van der Waals surface area contributed by atoms with Crippen molar-refractivity contribution in [2.75, 3.05) is 46.1 Å². The molecule has 1 heterocycles. The first-order valence-corrected chi connectivity index (χ1v) is 8.12. The molecular weight excluding hydrogens is 256 g/mol. The molecule has 1 aliphatic heterocycles. The Kier molecular flexibility index (Phi) is 5.55. The molecule has 19 heavy (non-hydrogen) atoms. The van der Waals surface area contributed by atoms with Crippen LogP contribution in [0.25, 0.3) is 0 Å². The molecule has 1 fully saturated rings. The van der Waals surface area contributed by atoms with Gasteiger partial charge < -0.3 is 15.0 Å². The highest BCUT2D eigenvalue weighted by atomic mass is 32.2. The molecule has 1 aromatic rings. The summed E-state index contributed by atoms with van der Waals surface area (Å²) in [7, 11) is 1.78. The number of thioether (sulfide) groups is 1. The number of methoxy groups -OCH3 is 1. The van der Waals surface area contributed by atoms with E-state index in [0.29, 0.717) is 0 Å². The highest BCUT2D eigenvalue weighted by Crippen LogP contribution is 2.32. The van der Waals surface area contributed by atoms with Crippen LogP contribution in [0.4, 0.5) is 0 Å². The topological polar surface area (TPSA) is 24.5 Å². The van der Waals surface area contributed by atoms with Crippen molar-refractivity contribution >= 4 is 11.8 Å². The number of hydrogen-bond donors (Lipinski definition) is 1. The molecule has 106 valence electrons. The summed E-state index contributed by atoms with van der Waals surface area (Å²) in [6.07, 6.45) is 3.21. The molecule has 0 spiro atoms. The SMILES string of the molecule is COc1c(C)ccc(SC)c1CCN1CCNCC1. The summed E-state index contributed by atoms with van der Waals surface area (Å²) in [6, 6.07) is 4.37. The Morgan fingerprint density at radius 1 is 1.32 bits per heavy atom. The molecular formula is C15H24N2OS. The lowest BCUT2D eigenvalue weighted by Crippen LogP contribution is -2.44. The van der Waals surface area contributed by atoms with Crippen LogP contribution in [0.1, 0.15) is 11.1 Å². The Labute approximate surface area is 120 Å². The number of benzene rings is 1. The summed E-state index contributed by atoms with van der Waals surface area (Å²) < 4.78 is 5.61. The predicted molar refractivity (Wildman–Crippen MR) is 82.5 cm³/mol. The predicted octanol–water partition coefficient (Wildman–Crippen LogP) is 2.17. The molecule has 1 aliphatic rings. The standard InChI is InChI=1S/C15H24N2OS/c1-12-4-5-14(19-3)13(15(12)18-2)6-9-17-10-7-16-8-11-17/h4-5,16H,6-11H2,1-3H3. The van der Waals surface area contributed by atoms with E-state index in [1.165, 1.54) is 16.0 Å². The van der Waals surface area contributed by atoms with Crippen molar-refractivity contribution in [3.63, 3.8) is 0 Å². The molecule has 0 amide bonds. The quantitative estimate of drug-likeness (QED) is 0.836. The van der Waals surface area contributed by atoms with Gasteiger partial charge in [0.1, 0.15) is 5.75 Å². The normalized spacial score (nSPS) is 16.6. The van der Waals surface area contributed by atoms with E-state index in [-0.39, 0.29) is 0 Å². The third kappa shape index (κ3) is 3.65. The van der Waals surface area contributed by atoms with Gasteiger partial charge >= 0.3 is 0 Å². The maximum Gasteiger partial charge on any atom is 0.126 e. The summed E-state index contributed by atoms with van der Waals surface area (Å²) in [5.74, 6) is 1.07. The van der Waals surface area contributed by atoms with Crippen molar-refractivity contribution in [3.8, 4) is 5.75 Å². The molecule has 0 atom stereocenters. The zero-order valence-electron chi connectivity index (χ0n) is 12.2. The highest BCUT2D eigenvalue weighted by molar-refractivity contribution is 7.98. The fraction of sp³-hybridized carbons (Fsp3) is 0.600. The first kappa shape index (κ1) is 14.7. The van der Waals surface area contributed by atoms with Crippen LogP contribution in [0.15, 0.2) is 17.0 Å². The fourth-order valence-electron chi connectivity index (χ4n) is 2.64. The van der Waals surface area contributed by atoms with E-state index in [4.69, 9.17) is 4.74 Å². The molecule has 3 nitrogen and oxygen atoms in total. The van der Waals surface area contributed by atoms with Gasteiger partial charge in [-0.15, -0.1) is 11.8 Å². The fourth-order valence-corrected chi connectivity index (χ4v) is 3.29. The third-order valence-corrected chi connectivity index (χ3v) is 4.55. The Morgan fingerprint density at radius 3 is 2.68 bits per heavy atom. The van der Waals surface area contributed by atoms with Crippen LogP contribution < -0.4 is 10.1 Å². The number of hydrogen-bond acceptors (Lipinski definition) is 4. The van der Waals surface area contributed by atoms with Crippen LogP contribution in [-0.2, 0) is 6.42 Å². The number of piperazine rings is 1. The lowest BCUT2D eigenvalue weighted by Gasteiger charge is -2.27. The van der Waals surface area contributed by atoms with E-state index in [2.05, 4.69) is 35.5 Å². The Bertz CT molecular complexity index is 417. The molecule has 0 saturated carbocycles. The second-order valence-corrected chi connectivity index (χ2v) is 5.79. The van der Waals surface area contributed by atoms with E-state index in [1.807, 2.05) is 11.8 Å². The van der Waals surface area contributed by atoms with Gasteiger partial charge in [0.05, 0.1) is 7.11 Å². The smallest absolute Gasteiger partial charge is 0.126 e. The van der Waals surface area contributed by atoms with Crippen LogP contribution in [0.5, 0.6) is 5.75 Å². The van der Waals surface area contributed by atoms with Gasteiger partial charge in [-0.1, -0.05) is 6.07 Å². The molecule has 1 saturated heterocycles. The van der Waals surface area contributed by atoms with E-state index < -0.39 is 0 Å². The number of ether oxygens (including phenoxy) is 1. The minimum absolute atomic E-state index is 1.07. The van der Waals surface area contributed by atoms with Gasteiger partial charge in [-0.3, -0.25) is 0 Å². The van der Waals surface area contributed by atoms with Gasteiger partial charge in [-0.05, 0) is 31.2 Å². The number of rotatable bonds is 5. The summed E-state index contributed by atoms with van der Waals surface area (Å²) in [4.78, 5) is 3.88. The van der Waals surface area contributed by atoms with E-state index in [0.717, 1.165) is 44.9 Å².